The number of carbonyl (C=O) groups excluding carboxylic acids is 1. The summed E-state index contributed by atoms with van der Waals surface area (Å²) in [6.45, 7) is 0.370. The molecule has 0 radical (unpaired) electrons. The molecule has 0 unspecified atom stereocenters. The highest BCUT2D eigenvalue weighted by Crippen LogP contribution is 2.23. The highest BCUT2D eigenvalue weighted by Gasteiger charge is 2.30. The van der Waals surface area contributed by atoms with Gasteiger partial charge in [-0.15, -0.1) is 13.2 Å². The summed E-state index contributed by atoms with van der Waals surface area (Å²) in [6, 6.07) is 16.0. The molecule has 9 heteroatoms. The number of anilines is 3. The van der Waals surface area contributed by atoms with Crippen molar-refractivity contribution in [3.05, 3.63) is 84.1 Å². The van der Waals surface area contributed by atoms with Gasteiger partial charge in [-0.1, -0.05) is 24.3 Å². The lowest BCUT2D eigenvalue weighted by atomic mass is 10.2. The van der Waals surface area contributed by atoms with Crippen LogP contribution in [-0.2, 0) is 11.3 Å². The molecule has 6 nitrogen and oxygen atoms in total. The van der Waals surface area contributed by atoms with Crippen LogP contribution in [0.5, 0.6) is 5.75 Å². The number of aromatic nitrogens is 1. The van der Waals surface area contributed by atoms with Crippen molar-refractivity contribution < 1.29 is 22.7 Å². The molecule has 0 saturated heterocycles. The number of hydrogen-bond donors (Lipinski definition) is 3. The predicted octanol–water partition coefficient (Wildman–Crippen LogP) is 4.83. The topological polar surface area (TPSA) is 89.3 Å². The van der Waals surface area contributed by atoms with Gasteiger partial charge in [0.05, 0.1) is 11.4 Å². The lowest BCUT2D eigenvalue weighted by molar-refractivity contribution is -0.274. The molecule has 3 rings (SSSR count). The Labute approximate surface area is 176 Å². The average Bonchev–Trinajstić information content (AvgIpc) is 2.73. The van der Waals surface area contributed by atoms with E-state index < -0.39 is 6.36 Å². The van der Waals surface area contributed by atoms with Gasteiger partial charge >= 0.3 is 6.36 Å². The number of hydrogen-bond acceptors (Lipinski definition) is 5. The van der Waals surface area contributed by atoms with E-state index in [1.54, 1.807) is 48.7 Å². The molecule has 0 aliphatic heterocycles. The van der Waals surface area contributed by atoms with E-state index in [9.17, 15) is 18.0 Å². The largest absolute Gasteiger partial charge is 0.573 e. The van der Waals surface area contributed by atoms with Gasteiger partial charge in [0.15, 0.2) is 0 Å². The van der Waals surface area contributed by atoms with Gasteiger partial charge in [-0.25, -0.2) is 4.98 Å². The van der Waals surface area contributed by atoms with E-state index in [0.717, 1.165) is 11.1 Å². The molecule has 3 aromatic rings. The van der Waals surface area contributed by atoms with Gasteiger partial charge in [-0.2, -0.15) is 0 Å². The molecule has 0 aliphatic carbocycles. The van der Waals surface area contributed by atoms with E-state index in [4.69, 9.17) is 5.73 Å². The van der Waals surface area contributed by atoms with Gasteiger partial charge in [0.25, 0.3) is 0 Å². The normalized spacial score (nSPS) is 11.3. The fraction of sp³-hybridized carbons (Fsp3) is 0.0909. The molecule has 4 N–H and O–H groups in total. The second-order valence-electron chi connectivity index (χ2n) is 6.43. The van der Waals surface area contributed by atoms with Crippen LogP contribution < -0.4 is 21.1 Å². The van der Waals surface area contributed by atoms with Crippen molar-refractivity contribution in [1.82, 2.24) is 4.98 Å². The van der Waals surface area contributed by atoms with Gasteiger partial charge in [-0.05, 0) is 53.6 Å². The van der Waals surface area contributed by atoms with E-state index in [0.29, 0.717) is 23.7 Å². The molecule has 31 heavy (non-hydrogen) atoms. The van der Waals surface area contributed by atoms with E-state index >= 15 is 0 Å². The number of nitrogen functional groups attached to an aromatic ring is 1. The summed E-state index contributed by atoms with van der Waals surface area (Å²) in [4.78, 5) is 16.3. The first-order chi connectivity index (χ1) is 14.8. The number of benzene rings is 2. The monoisotopic (exact) mass is 428 g/mol. The Kier molecular flexibility index (Phi) is 6.76. The number of pyridine rings is 1. The fourth-order valence-corrected chi connectivity index (χ4v) is 2.57. The number of amides is 1. The van der Waals surface area contributed by atoms with Crippen molar-refractivity contribution in [3.63, 3.8) is 0 Å². The van der Waals surface area contributed by atoms with Crippen molar-refractivity contribution in [3.8, 4) is 5.75 Å². The third-order valence-corrected chi connectivity index (χ3v) is 4.06. The molecule has 0 aliphatic rings. The second kappa shape index (κ2) is 9.66. The van der Waals surface area contributed by atoms with Crippen molar-refractivity contribution in [1.29, 1.82) is 0 Å². The third-order valence-electron chi connectivity index (χ3n) is 4.06. The third kappa shape index (κ3) is 7.07. The molecule has 160 valence electrons. The number of halogens is 3. The predicted molar refractivity (Wildman–Crippen MR) is 113 cm³/mol. The Hall–Kier alpha value is -4.01. The lowest BCUT2D eigenvalue weighted by Gasteiger charge is -2.10. The first-order valence-corrected chi connectivity index (χ1v) is 9.17. The maximum absolute atomic E-state index is 12.2. The van der Waals surface area contributed by atoms with E-state index in [2.05, 4.69) is 20.4 Å². The van der Waals surface area contributed by atoms with Crippen molar-refractivity contribution in [2.75, 3.05) is 16.4 Å². The molecular formula is C22H19F3N4O2. The number of para-hydroxylation sites is 2. The Bertz CT molecular complexity index is 1050. The number of nitrogens with one attached hydrogen (secondary N) is 2. The quantitative estimate of drug-likeness (QED) is 0.371. The number of nitrogens with zero attached hydrogens (tertiary/aromatic N) is 1. The Morgan fingerprint density at radius 1 is 1.06 bits per heavy atom. The van der Waals surface area contributed by atoms with E-state index in [-0.39, 0.29) is 11.7 Å². The molecule has 0 spiro atoms. The molecule has 0 bridgehead atoms. The summed E-state index contributed by atoms with van der Waals surface area (Å²) in [7, 11) is 0. The Balaban J connectivity index is 1.50. The van der Waals surface area contributed by atoms with Crippen LogP contribution in [0.2, 0.25) is 0 Å². The minimum atomic E-state index is -4.71. The minimum Gasteiger partial charge on any atom is -0.406 e. The SMILES string of the molecule is Nc1ccccc1NC(=O)/C=C\c1ccc(NCc2ccc(OC(F)(F)F)cc2)nc1. The van der Waals surface area contributed by atoms with Gasteiger partial charge in [0, 0.05) is 18.8 Å². The number of carbonyl (C=O) groups is 1. The Morgan fingerprint density at radius 2 is 1.81 bits per heavy atom. The molecule has 0 saturated carbocycles. The van der Waals surface area contributed by atoms with Crippen LogP contribution in [-0.4, -0.2) is 17.3 Å². The second-order valence-corrected chi connectivity index (χ2v) is 6.43. The molecule has 0 atom stereocenters. The summed E-state index contributed by atoms with van der Waals surface area (Å²) >= 11 is 0. The summed E-state index contributed by atoms with van der Waals surface area (Å²) < 4.78 is 40.4. The standard InChI is InChI=1S/C22H19F3N4O2/c23-22(24,25)31-17-9-5-15(6-10-17)13-27-20-11-7-16(14-28-20)8-12-21(30)29-19-4-2-1-3-18(19)26/h1-12,14H,13,26H2,(H,27,28)(H,29,30)/b12-8-. The van der Waals surface area contributed by atoms with Crippen molar-refractivity contribution >= 4 is 29.2 Å². The van der Waals surface area contributed by atoms with Crippen LogP contribution in [0.3, 0.4) is 0 Å². The first-order valence-electron chi connectivity index (χ1n) is 9.17. The number of rotatable bonds is 7. The molecule has 1 heterocycles. The maximum Gasteiger partial charge on any atom is 0.573 e. The fourth-order valence-electron chi connectivity index (χ4n) is 2.57. The number of ether oxygens (including phenoxy) is 1. The van der Waals surface area contributed by atoms with Crippen LogP contribution >= 0.6 is 0 Å². The van der Waals surface area contributed by atoms with Crippen LogP contribution in [0.1, 0.15) is 11.1 Å². The van der Waals surface area contributed by atoms with Gasteiger partial charge in [-0.3, -0.25) is 4.79 Å². The maximum atomic E-state index is 12.2. The van der Waals surface area contributed by atoms with Crippen LogP contribution in [0, 0.1) is 0 Å². The molecule has 1 aromatic heterocycles. The van der Waals surface area contributed by atoms with Crippen LogP contribution in [0.15, 0.2) is 72.9 Å². The minimum absolute atomic E-state index is 0.274. The smallest absolute Gasteiger partial charge is 0.406 e. The number of alkyl halides is 3. The summed E-state index contributed by atoms with van der Waals surface area (Å²) in [6.07, 6.45) is -0.134. The van der Waals surface area contributed by atoms with Gasteiger partial charge in [0.1, 0.15) is 11.6 Å². The molecular weight excluding hydrogens is 409 g/mol. The van der Waals surface area contributed by atoms with Crippen LogP contribution in [0.4, 0.5) is 30.4 Å². The Morgan fingerprint density at radius 3 is 2.45 bits per heavy atom. The van der Waals surface area contributed by atoms with Gasteiger partial charge in [0.2, 0.25) is 5.91 Å². The zero-order chi connectivity index (χ0) is 22.3. The molecule has 2 aromatic carbocycles. The summed E-state index contributed by atoms with van der Waals surface area (Å²) in [5.74, 6) is -0.0168. The summed E-state index contributed by atoms with van der Waals surface area (Å²) in [5, 5.41) is 5.76. The zero-order valence-corrected chi connectivity index (χ0v) is 16.2. The highest BCUT2D eigenvalue weighted by molar-refractivity contribution is 6.03. The van der Waals surface area contributed by atoms with Crippen molar-refractivity contribution in [2.45, 2.75) is 12.9 Å². The van der Waals surface area contributed by atoms with Crippen molar-refractivity contribution in [2.24, 2.45) is 0 Å². The molecule has 1 amide bonds. The highest BCUT2D eigenvalue weighted by atomic mass is 19.4. The molecule has 0 fully saturated rings. The van der Waals surface area contributed by atoms with Gasteiger partial charge < -0.3 is 21.1 Å². The zero-order valence-electron chi connectivity index (χ0n) is 16.2. The number of nitrogens with two attached hydrogens (primary N) is 1. The van der Waals surface area contributed by atoms with Crippen LogP contribution in [0.25, 0.3) is 6.08 Å². The lowest BCUT2D eigenvalue weighted by Crippen LogP contribution is -2.17. The van der Waals surface area contributed by atoms with E-state index in [1.165, 1.54) is 30.3 Å². The van der Waals surface area contributed by atoms with E-state index in [1.807, 2.05) is 0 Å². The summed E-state index contributed by atoms with van der Waals surface area (Å²) in [5.41, 5.74) is 8.28. The average molecular weight is 428 g/mol. The first kappa shape index (κ1) is 21.7.